The summed E-state index contributed by atoms with van der Waals surface area (Å²) >= 11 is 0. The summed E-state index contributed by atoms with van der Waals surface area (Å²) in [4.78, 5) is 72.3. The first-order chi connectivity index (χ1) is 41.0. The van der Waals surface area contributed by atoms with Crippen molar-refractivity contribution in [2.24, 2.45) is 5.92 Å². The third kappa shape index (κ3) is 60.7. The normalized spacial score (nSPS) is 14.2. The Balaban J connectivity index is 5.24. The molecule has 0 aromatic rings. The number of aliphatic hydroxyl groups excluding tert-OH is 1. The van der Waals surface area contributed by atoms with Crippen LogP contribution < -0.4 is 0 Å². The molecule has 0 heterocycles. The fraction of sp³-hybridized carbons (Fsp3) is 0.939. The second kappa shape index (κ2) is 59.7. The van der Waals surface area contributed by atoms with Crippen molar-refractivity contribution in [3.63, 3.8) is 0 Å². The average Bonchev–Trinajstić information content (AvgIpc) is 3.51. The number of phosphoric ester groups is 2. The van der Waals surface area contributed by atoms with Crippen molar-refractivity contribution >= 4 is 39.5 Å². The van der Waals surface area contributed by atoms with E-state index in [1.54, 1.807) is 0 Å². The van der Waals surface area contributed by atoms with Gasteiger partial charge in [0.1, 0.15) is 19.3 Å². The Bertz CT molecular complexity index is 1650. The number of unbranched alkanes of at least 4 members (excludes halogenated alkanes) is 38. The minimum Gasteiger partial charge on any atom is -0.462 e. The SMILES string of the molecule is CCCCCCCCCCCCCCC(=O)OC[C@H](COP(=O)(O)OC[C@@H](O)COP(=O)(O)OC[C@@H](COC(=O)CCCCCCCCCC(C)C)OC(=O)CCCCCCCCCCCCC)OC(=O)CCCCCCCCCCCCCC. The molecule has 0 aliphatic rings. The Morgan fingerprint density at radius 2 is 0.541 bits per heavy atom. The molecular weight excluding hydrogens is 1130 g/mol. The van der Waals surface area contributed by atoms with Crippen LogP contribution in [0.15, 0.2) is 0 Å². The number of carbonyl (C=O) groups is 4. The van der Waals surface area contributed by atoms with Gasteiger partial charge in [-0.2, -0.15) is 0 Å². The molecule has 19 heteroatoms. The summed E-state index contributed by atoms with van der Waals surface area (Å²) in [6.07, 6.45) is 44.3. The van der Waals surface area contributed by atoms with E-state index in [0.717, 1.165) is 96.3 Å². The first-order valence-corrected chi connectivity index (χ1v) is 37.6. The number of phosphoric acid groups is 2. The molecule has 0 aromatic heterocycles. The zero-order valence-corrected chi connectivity index (χ0v) is 56.5. The van der Waals surface area contributed by atoms with E-state index in [2.05, 4.69) is 34.6 Å². The van der Waals surface area contributed by atoms with Gasteiger partial charge in [0.05, 0.1) is 26.4 Å². The third-order valence-corrected chi connectivity index (χ3v) is 17.2. The van der Waals surface area contributed by atoms with Gasteiger partial charge in [0, 0.05) is 25.7 Å². The van der Waals surface area contributed by atoms with Gasteiger partial charge in [-0.25, -0.2) is 9.13 Å². The summed E-state index contributed by atoms with van der Waals surface area (Å²) in [5.41, 5.74) is 0. The number of aliphatic hydroxyl groups is 1. The van der Waals surface area contributed by atoms with Crippen LogP contribution in [0.5, 0.6) is 0 Å². The highest BCUT2D eigenvalue weighted by atomic mass is 31.2. The van der Waals surface area contributed by atoms with Gasteiger partial charge >= 0.3 is 39.5 Å². The molecule has 0 aliphatic carbocycles. The molecule has 0 spiro atoms. The Labute approximate surface area is 517 Å². The van der Waals surface area contributed by atoms with Gasteiger partial charge in [-0.1, -0.05) is 285 Å². The van der Waals surface area contributed by atoms with Gasteiger partial charge in [0.25, 0.3) is 0 Å². The summed E-state index contributed by atoms with van der Waals surface area (Å²) in [6, 6.07) is 0. The zero-order chi connectivity index (χ0) is 62.8. The first kappa shape index (κ1) is 83.1. The lowest BCUT2D eigenvalue weighted by atomic mass is 10.0. The smallest absolute Gasteiger partial charge is 0.462 e. The van der Waals surface area contributed by atoms with E-state index in [-0.39, 0.29) is 25.7 Å². The fourth-order valence-electron chi connectivity index (χ4n) is 9.94. The van der Waals surface area contributed by atoms with Gasteiger partial charge in [-0.15, -0.1) is 0 Å². The van der Waals surface area contributed by atoms with Crippen LogP contribution in [0.1, 0.15) is 336 Å². The Morgan fingerprint density at radius 1 is 0.318 bits per heavy atom. The van der Waals surface area contributed by atoms with Crippen LogP contribution in [0.2, 0.25) is 0 Å². The van der Waals surface area contributed by atoms with Gasteiger partial charge in [0.15, 0.2) is 12.2 Å². The van der Waals surface area contributed by atoms with Crippen molar-refractivity contribution in [1.29, 1.82) is 0 Å². The first-order valence-electron chi connectivity index (χ1n) is 34.6. The lowest BCUT2D eigenvalue weighted by molar-refractivity contribution is -0.161. The standard InChI is InChI=1S/C66H128O17P2/c1-6-9-12-15-18-21-24-27-29-34-39-44-49-63(68)76-55-61(82-66(71)52-47-42-36-31-28-25-22-19-16-13-10-7-2)57-80-84(72,73)78-53-60(67)54-79-85(74,75)81-58-62(56-77-64(69)50-45-40-37-32-33-38-43-48-59(4)5)83-65(70)51-46-41-35-30-26-23-20-17-14-11-8-3/h59-62,67H,6-58H2,1-5H3,(H,72,73)(H,74,75)/t60-,61-,62-/m1/s1. The molecule has 5 atom stereocenters. The van der Waals surface area contributed by atoms with Gasteiger partial charge in [-0.05, 0) is 31.6 Å². The summed E-state index contributed by atoms with van der Waals surface area (Å²) in [5.74, 6) is -1.42. The highest BCUT2D eigenvalue weighted by Crippen LogP contribution is 2.45. The largest absolute Gasteiger partial charge is 0.472 e. The molecule has 0 fully saturated rings. The van der Waals surface area contributed by atoms with Crippen LogP contribution in [-0.2, 0) is 65.4 Å². The molecule has 0 aromatic carbocycles. The van der Waals surface area contributed by atoms with Crippen molar-refractivity contribution in [1.82, 2.24) is 0 Å². The molecule has 504 valence electrons. The summed E-state index contributed by atoms with van der Waals surface area (Å²) in [5, 5.41) is 10.6. The maximum atomic E-state index is 13.0. The monoisotopic (exact) mass is 1250 g/mol. The molecule has 0 bridgehead atoms. The number of hydrogen-bond donors (Lipinski definition) is 3. The molecule has 0 saturated heterocycles. The maximum Gasteiger partial charge on any atom is 0.472 e. The molecular formula is C66H128O17P2. The zero-order valence-electron chi connectivity index (χ0n) is 54.7. The topological polar surface area (TPSA) is 237 Å². The average molecular weight is 1260 g/mol. The Morgan fingerprint density at radius 3 is 0.800 bits per heavy atom. The maximum absolute atomic E-state index is 13.0. The van der Waals surface area contributed by atoms with Crippen molar-refractivity contribution in [2.75, 3.05) is 39.6 Å². The van der Waals surface area contributed by atoms with E-state index in [9.17, 15) is 43.2 Å². The Kier molecular flexibility index (Phi) is 58.3. The van der Waals surface area contributed by atoms with Crippen molar-refractivity contribution in [3.8, 4) is 0 Å². The fourth-order valence-corrected chi connectivity index (χ4v) is 11.5. The van der Waals surface area contributed by atoms with Crippen LogP contribution in [0, 0.1) is 5.92 Å². The van der Waals surface area contributed by atoms with E-state index in [4.69, 9.17) is 37.0 Å². The lowest BCUT2D eigenvalue weighted by Crippen LogP contribution is -2.30. The Hall–Kier alpha value is -1.94. The predicted molar refractivity (Wildman–Crippen MR) is 340 cm³/mol. The summed E-state index contributed by atoms with van der Waals surface area (Å²) in [7, 11) is -9.89. The van der Waals surface area contributed by atoms with E-state index in [0.29, 0.717) is 31.6 Å². The summed E-state index contributed by atoms with van der Waals surface area (Å²) < 4.78 is 68.1. The second-order valence-electron chi connectivity index (χ2n) is 24.3. The number of carbonyl (C=O) groups excluding carboxylic acids is 4. The molecule has 0 rings (SSSR count). The number of rotatable bonds is 66. The highest BCUT2D eigenvalue weighted by Gasteiger charge is 2.30. The van der Waals surface area contributed by atoms with Gasteiger partial charge < -0.3 is 33.8 Å². The van der Waals surface area contributed by atoms with Crippen LogP contribution in [0.3, 0.4) is 0 Å². The van der Waals surface area contributed by atoms with Crippen molar-refractivity contribution < 1.29 is 80.2 Å². The van der Waals surface area contributed by atoms with Crippen LogP contribution in [-0.4, -0.2) is 96.7 Å². The van der Waals surface area contributed by atoms with Crippen LogP contribution in [0.4, 0.5) is 0 Å². The number of hydrogen-bond acceptors (Lipinski definition) is 15. The number of esters is 4. The molecule has 0 radical (unpaired) electrons. The van der Waals surface area contributed by atoms with E-state index >= 15 is 0 Å². The molecule has 0 aliphatic heterocycles. The second-order valence-corrected chi connectivity index (χ2v) is 27.2. The lowest BCUT2D eigenvalue weighted by Gasteiger charge is -2.21. The molecule has 0 saturated carbocycles. The van der Waals surface area contributed by atoms with E-state index in [1.165, 1.54) is 154 Å². The third-order valence-electron chi connectivity index (χ3n) is 15.3. The van der Waals surface area contributed by atoms with Crippen molar-refractivity contribution in [2.45, 2.75) is 355 Å². The van der Waals surface area contributed by atoms with Crippen molar-refractivity contribution in [3.05, 3.63) is 0 Å². The quantitative estimate of drug-likeness (QED) is 0.0222. The van der Waals surface area contributed by atoms with Gasteiger partial charge in [-0.3, -0.25) is 37.3 Å². The molecule has 85 heavy (non-hydrogen) atoms. The molecule has 3 N–H and O–H groups in total. The molecule has 17 nitrogen and oxygen atoms in total. The summed E-state index contributed by atoms with van der Waals surface area (Å²) in [6.45, 7) is 7.16. The van der Waals surface area contributed by atoms with Crippen LogP contribution >= 0.6 is 15.6 Å². The molecule has 0 amide bonds. The van der Waals surface area contributed by atoms with Crippen LogP contribution in [0.25, 0.3) is 0 Å². The highest BCUT2D eigenvalue weighted by molar-refractivity contribution is 7.47. The number of ether oxygens (including phenoxy) is 4. The minimum atomic E-state index is -4.94. The van der Waals surface area contributed by atoms with E-state index < -0.39 is 97.5 Å². The van der Waals surface area contributed by atoms with Gasteiger partial charge in [0.2, 0.25) is 0 Å². The minimum absolute atomic E-state index is 0.106. The molecule has 2 unspecified atom stereocenters. The van der Waals surface area contributed by atoms with E-state index in [1.807, 2.05) is 0 Å². The predicted octanol–water partition coefficient (Wildman–Crippen LogP) is 18.6.